The van der Waals surface area contributed by atoms with Crippen LogP contribution in [0.1, 0.15) is 47.5 Å². The van der Waals surface area contributed by atoms with Crippen LogP contribution < -0.4 is 5.32 Å². The molecular formula is C10H21NO. The van der Waals surface area contributed by atoms with E-state index >= 15 is 0 Å². The first-order valence-corrected chi connectivity index (χ1v) is 4.85. The lowest BCUT2D eigenvalue weighted by Gasteiger charge is -2.12. The Morgan fingerprint density at radius 2 is 1.75 bits per heavy atom. The minimum absolute atomic E-state index is 0.00965. The normalized spacial score (nSPS) is 17.8. The van der Waals surface area contributed by atoms with Crippen molar-refractivity contribution in [1.82, 2.24) is 5.32 Å². The summed E-state index contributed by atoms with van der Waals surface area (Å²) in [6.07, 6.45) is 2.12. The molecule has 0 heterocycles. The molecule has 0 saturated heterocycles. The summed E-state index contributed by atoms with van der Waals surface area (Å²) in [5.74, 6) is 0.225. The van der Waals surface area contributed by atoms with Gasteiger partial charge >= 0.3 is 0 Å². The number of carbonyl (C=O) groups is 1. The Labute approximate surface area is 75.7 Å². The van der Waals surface area contributed by atoms with Crippen LogP contribution in [-0.2, 0) is 4.79 Å². The van der Waals surface area contributed by atoms with Crippen molar-refractivity contribution in [2.75, 3.05) is 0 Å². The van der Waals surface area contributed by atoms with Gasteiger partial charge in [-0.05, 0) is 26.7 Å². The second kappa shape index (κ2) is 4.48. The lowest BCUT2D eigenvalue weighted by atomic mass is 10.1. The molecule has 1 N–H and O–H groups in total. The summed E-state index contributed by atoms with van der Waals surface area (Å²) in [6, 6.07) is 0.282. The summed E-state index contributed by atoms with van der Waals surface area (Å²) in [6.45, 7) is 10.00. The zero-order chi connectivity index (χ0) is 9.78. The number of hydrogen-bond acceptors (Lipinski definition) is 1. The van der Waals surface area contributed by atoms with Gasteiger partial charge in [-0.2, -0.15) is 0 Å². The zero-order valence-corrected chi connectivity index (χ0v) is 8.90. The molecule has 0 aromatic rings. The number of hydrogen-bond donors (Lipinski definition) is 1. The van der Waals surface area contributed by atoms with E-state index in [0.717, 1.165) is 12.8 Å². The van der Waals surface area contributed by atoms with E-state index in [-0.39, 0.29) is 17.4 Å². The van der Waals surface area contributed by atoms with Crippen molar-refractivity contribution in [3.63, 3.8) is 0 Å². The molecule has 0 unspecified atom stereocenters. The van der Waals surface area contributed by atoms with Crippen LogP contribution in [0.3, 0.4) is 0 Å². The van der Waals surface area contributed by atoms with Crippen molar-refractivity contribution < 1.29 is 4.79 Å². The van der Waals surface area contributed by atoms with Gasteiger partial charge in [0.1, 0.15) is 0 Å². The van der Waals surface area contributed by atoms with Crippen molar-refractivity contribution in [2.24, 2.45) is 5.41 Å². The third kappa shape index (κ3) is 3.24. The van der Waals surface area contributed by atoms with E-state index in [9.17, 15) is 4.79 Å². The summed E-state index contributed by atoms with van der Waals surface area (Å²) < 4.78 is 0. The summed E-state index contributed by atoms with van der Waals surface area (Å²) in [5.41, 5.74) is -0.00965. The van der Waals surface area contributed by atoms with Gasteiger partial charge in [-0.25, -0.2) is 0 Å². The molecule has 0 aliphatic heterocycles. The largest absolute Gasteiger partial charge is 0.353 e. The van der Waals surface area contributed by atoms with Crippen LogP contribution in [0.4, 0.5) is 0 Å². The zero-order valence-electron chi connectivity index (χ0n) is 8.90. The first kappa shape index (κ1) is 11.5. The molecule has 12 heavy (non-hydrogen) atoms. The second-order valence-corrected chi connectivity index (χ2v) is 3.69. The van der Waals surface area contributed by atoms with Gasteiger partial charge in [-0.15, -0.1) is 0 Å². The molecule has 2 nitrogen and oxygen atoms in total. The average Bonchev–Trinajstić information content (AvgIpc) is 2.72. The maximum atomic E-state index is 11.2. The van der Waals surface area contributed by atoms with Gasteiger partial charge in [0.2, 0.25) is 5.91 Å². The highest BCUT2D eigenvalue weighted by Gasteiger charge is 2.44. The van der Waals surface area contributed by atoms with E-state index in [0.29, 0.717) is 0 Å². The van der Waals surface area contributed by atoms with Crippen molar-refractivity contribution in [2.45, 2.75) is 53.5 Å². The molecular weight excluding hydrogens is 150 g/mol. The predicted octanol–water partition coefficient (Wildman–Crippen LogP) is 2.34. The van der Waals surface area contributed by atoms with Gasteiger partial charge in [-0.3, -0.25) is 4.79 Å². The number of nitrogens with one attached hydrogen (secondary N) is 1. The first-order valence-electron chi connectivity index (χ1n) is 4.85. The third-order valence-electron chi connectivity index (χ3n) is 1.97. The Morgan fingerprint density at radius 3 is 2.00 bits per heavy atom. The van der Waals surface area contributed by atoms with Crippen molar-refractivity contribution in [3.8, 4) is 0 Å². The minimum atomic E-state index is -0.00965. The van der Waals surface area contributed by atoms with E-state index in [2.05, 4.69) is 5.32 Å². The van der Waals surface area contributed by atoms with E-state index in [4.69, 9.17) is 0 Å². The van der Waals surface area contributed by atoms with Crippen LogP contribution in [-0.4, -0.2) is 11.9 Å². The van der Waals surface area contributed by atoms with E-state index < -0.39 is 0 Å². The Balaban J connectivity index is 0.000000561. The van der Waals surface area contributed by atoms with Gasteiger partial charge in [0, 0.05) is 11.5 Å². The molecule has 1 amide bonds. The molecule has 1 saturated carbocycles. The Hall–Kier alpha value is -0.530. The molecule has 2 heteroatoms. The van der Waals surface area contributed by atoms with Crippen LogP contribution >= 0.6 is 0 Å². The Bertz CT molecular complexity index is 148. The summed E-state index contributed by atoms with van der Waals surface area (Å²) >= 11 is 0. The SMILES string of the molecule is CC.CC(C)NC(=O)C1(C)CC1. The molecule has 0 radical (unpaired) electrons. The number of carbonyl (C=O) groups excluding carboxylic acids is 1. The van der Waals surface area contributed by atoms with Gasteiger partial charge in [0.05, 0.1) is 0 Å². The molecule has 1 rings (SSSR count). The highest BCUT2D eigenvalue weighted by atomic mass is 16.2. The van der Waals surface area contributed by atoms with E-state index in [1.54, 1.807) is 0 Å². The summed E-state index contributed by atoms with van der Waals surface area (Å²) in [5, 5.41) is 2.91. The fourth-order valence-electron chi connectivity index (χ4n) is 0.851. The molecule has 1 fully saturated rings. The maximum absolute atomic E-state index is 11.2. The van der Waals surface area contributed by atoms with Crippen LogP contribution in [0.25, 0.3) is 0 Å². The number of amides is 1. The fourth-order valence-corrected chi connectivity index (χ4v) is 0.851. The standard InChI is InChI=1S/C8H15NO.C2H6/c1-6(2)9-7(10)8(3)4-5-8;1-2/h6H,4-5H2,1-3H3,(H,9,10);1-2H3. The van der Waals surface area contributed by atoms with Crippen LogP contribution in [0.15, 0.2) is 0 Å². The molecule has 0 aromatic carbocycles. The quantitative estimate of drug-likeness (QED) is 0.679. The maximum Gasteiger partial charge on any atom is 0.226 e. The topological polar surface area (TPSA) is 29.1 Å². The molecule has 0 atom stereocenters. The molecule has 0 aromatic heterocycles. The molecule has 1 aliphatic rings. The van der Waals surface area contributed by atoms with Crippen LogP contribution in [0.5, 0.6) is 0 Å². The Morgan fingerprint density at radius 1 is 1.33 bits per heavy atom. The monoisotopic (exact) mass is 171 g/mol. The van der Waals surface area contributed by atoms with Crippen molar-refractivity contribution >= 4 is 5.91 Å². The van der Waals surface area contributed by atoms with E-state index in [1.165, 1.54) is 0 Å². The second-order valence-electron chi connectivity index (χ2n) is 3.69. The van der Waals surface area contributed by atoms with Crippen LogP contribution in [0.2, 0.25) is 0 Å². The van der Waals surface area contributed by atoms with Crippen molar-refractivity contribution in [3.05, 3.63) is 0 Å². The highest BCUT2D eigenvalue weighted by molar-refractivity contribution is 5.84. The van der Waals surface area contributed by atoms with Gasteiger partial charge in [0.15, 0.2) is 0 Å². The fraction of sp³-hybridized carbons (Fsp3) is 0.900. The Kier molecular flexibility index (Phi) is 4.29. The lowest BCUT2D eigenvalue weighted by molar-refractivity contribution is -0.126. The van der Waals surface area contributed by atoms with Gasteiger partial charge in [-0.1, -0.05) is 20.8 Å². The minimum Gasteiger partial charge on any atom is -0.353 e. The highest BCUT2D eigenvalue weighted by Crippen LogP contribution is 2.44. The average molecular weight is 171 g/mol. The third-order valence-corrected chi connectivity index (χ3v) is 1.97. The van der Waals surface area contributed by atoms with Gasteiger partial charge < -0.3 is 5.32 Å². The first-order chi connectivity index (χ1) is 5.54. The smallest absolute Gasteiger partial charge is 0.226 e. The van der Waals surface area contributed by atoms with Crippen molar-refractivity contribution in [1.29, 1.82) is 0 Å². The molecule has 0 spiro atoms. The lowest BCUT2D eigenvalue weighted by Crippen LogP contribution is -2.35. The van der Waals surface area contributed by atoms with E-state index in [1.807, 2.05) is 34.6 Å². The summed E-state index contributed by atoms with van der Waals surface area (Å²) in [7, 11) is 0. The van der Waals surface area contributed by atoms with Crippen LogP contribution in [0, 0.1) is 5.41 Å². The number of rotatable bonds is 2. The molecule has 0 bridgehead atoms. The molecule has 1 aliphatic carbocycles. The van der Waals surface area contributed by atoms with Gasteiger partial charge in [0.25, 0.3) is 0 Å². The predicted molar refractivity (Wildman–Crippen MR) is 52.0 cm³/mol. The summed E-state index contributed by atoms with van der Waals surface area (Å²) in [4.78, 5) is 11.2. The molecule has 72 valence electrons.